The minimum absolute atomic E-state index is 0.0163. The van der Waals surface area contributed by atoms with Gasteiger partial charge < -0.3 is 14.6 Å². The summed E-state index contributed by atoms with van der Waals surface area (Å²) >= 11 is 0. The van der Waals surface area contributed by atoms with Gasteiger partial charge in [-0.15, -0.1) is 0 Å². The van der Waals surface area contributed by atoms with Crippen molar-refractivity contribution in [2.24, 2.45) is 0 Å². The van der Waals surface area contributed by atoms with Gasteiger partial charge in [0.05, 0.1) is 17.1 Å². The Balaban J connectivity index is 1.70. The van der Waals surface area contributed by atoms with Gasteiger partial charge in [-0.05, 0) is 44.5 Å². The van der Waals surface area contributed by atoms with E-state index in [0.29, 0.717) is 6.42 Å². The zero-order chi connectivity index (χ0) is 20.8. The van der Waals surface area contributed by atoms with Crippen molar-refractivity contribution in [2.45, 2.75) is 32.7 Å². The maximum Gasteiger partial charge on any atom is 0.252 e. The zero-order valence-electron chi connectivity index (χ0n) is 17.4. The van der Waals surface area contributed by atoms with Gasteiger partial charge in [0, 0.05) is 30.9 Å². The number of benzene rings is 1. The van der Waals surface area contributed by atoms with Gasteiger partial charge in [0.1, 0.15) is 11.2 Å². The van der Waals surface area contributed by atoms with Gasteiger partial charge in [0.25, 0.3) is 5.91 Å². The summed E-state index contributed by atoms with van der Waals surface area (Å²) < 4.78 is 2.07. The molecule has 1 atom stereocenters. The molecule has 1 saturated heterocycles. The molecule has 0 spiro atoms. The molecule has 5 nitrogen and oxygen atoms in total. The van der Waals surface area contributed by atoms with Crippen molar-refractivity contribution in [1.29, 1.82) is 0 Å². The first-order valence-electron chi connectivity index (χ1n) is 9.76. The standard InChI is InChI=1S/C24H26N4O/c1-16-18(3)28-13-9-12-20(22(28)25-16)14-21-17(2)26-24(4,23(29)27(21)5)15-19-10-7-6-8-11-19/h6-14,26H,2,15H2,1,3-5H3/b21-14-. The molecule has 1 N–H and O–H groups in total. The van der Waals surface area contributed by atoms with Gasteiger partial charge in [-0.25, -0.2) is 4.98 Å². The van der Waals surface area contributed by atoms with Gasteiger partial charge >= 0.3 is 0 Å². The van der Waals surface area contributed by atoms with Gasteiger partial charge in [-0.2, -0.15) is 0 Å². The summed E-state index contributed by atoms with van der Waals surface area (Å²) in [7, 11) is 1.81. The summed E-state index contributed by atoms with van der Waals surface area (Å²) in [6.45, 7) is 10.2. The molecule has 0 aliphatic carbocycles. The Kier molecular flexibility index (Phi) is 4.53. The highest BCUT2D eigenvalue weighted by atomic mass is 16.2. The van der Waals surface area contributed by atoms with Gasteiger partial charge in [0.2, 0.25) is 0 Å². The molecule has 3 aromatic rings. The molecule has 1 aliphatic heterocycles. The first kappa shape index (κ1) is 19.0. The number of imidazole rings is 1. The maximum atomic E-state index is 13.3. The SMILES string of the molecule is C=C1NC(C)(Cc2ccccc2)C(=O)N(C)/C1=C\c1cccn2c(C)c(C)nc12. The molecule has 29 heavy (non-hydrogen) atoms. The van der Waals surface area contributed by atoms with Crippen molar-refractivity contribution in [3.8, 4) is 0 Å². The van der Waals surface area contributed by atoms with Crippen LogP contribution in [0.3, 0.4) is 0 Å². The number of piperazine rings is 1. The van der Waals surface area contributed by atoms with E-state index < -0.39 is 5.54 Å². The van der Waals surface area contributed by atoms with E-state index in [9.17, 15) is 4.79 Å². The van der Waals surface area contributed by atoms with Gasteiger partial charge in [0.15, 0.2) is 0 Å². The summed E-state index contributed by atoms with van der Waals surface area (Å²) in [5.41, 5.74) is 5.79. The molecule has 1 aliphatic rings. The first-order valence-corrected chi connectivity index (χ1v) is 9.76. The number of carbonyl (C=O) groups is 1. The van der Waals surface area contributed by atoms with Crippen LogP contribution in [0.4, 0.5) is 0 Å². The molecule has 0 radical (unpaired) electrons. The predicted octanol–water partition coefficient (Wildman–Crippen LogP) is 3.87. The normalized spacial score (nSPS) is 21.1. The van der Waals surface area contributed by atoms with Crippen LogP contribution in [0.1, 0.15) is 29.4 Å². The number of aryl methyl sites for hydroxylation is 2. The highest BCUT2D eigenvalue weighted by Crippen LogP contribution is 2.29. The predicted molar refractivity (Wildman–Crippen MR) is 116 cm³/mol. The van der Waals surface area contributed by atoms with Crippen LogP contribution in [0, 0.1) is 13.8 Å². The lowest BCUT2D eigenvalue weighted by molar-refractivity contribution is -0.135. The number of likely N-dealkylation sites (N-methyl/N-ethyl adjacent to an activating group) is 1. The van der Waals surface area contributed by atoms with E-state index in [1.54, 1.807) is 4.90 Å². The third-order valence-electron chi connectivity index (χ3n) is 5.72. The number of aromatic nitrogens is 2. The van der Waals surface area contributed by atoms with E-state index in [1.807, 2.05) is 75.6 Å². The van der Waals surface area contributed by atoms with Crippen LogP contribution in [0.25, 0.3) is 11.7 Å². The number of hydrogen-bond acceptors (Lipinski definition) is 3. The first-order chi connectivity index (χ1) is 13.8. The Morgan fingerprint density at radius 3 is 2.62 bits per heavy atom. The molecule has 1 unspecified atom stereocenters. The van der Waals surface area contributed by atoms with Crippen LogP contribution in [-0.2, 0) is 11.2 Å². The fourth-order valence-electron chi connectivity index (χ4n) is 4.02. The molecule has 0 saturated carbocycles. The number of nitrogens with one attached hydrogen (secondary N) is 1. The lowest BCUT2D eigenvalue weighted by Crippen LogP contribution is -2.60. The Morgan fingerprint density at radius 1 is 1.17 bits per heavy atom. The van der Waals surface area contributed by atoms with Crippen molar-refractivity contribution in [3.05, 3.63) is 89.1 Å². The number of hydrogen-bond donors (Lipinski definition) is 1. The van der Waals surface area contributed by atoms with Crippen LogP contribution in [0.15, 0.2) is 66.6 Å². The molecule has 3 heterocycles. The summed E-state index contributed by atoms with van der Waals surface area (Å²) in [5, 5.41) is 3.38. The van der Waals surface area contributed by atoms with Crippen molar-refractivity contribution >= 4 is 17.6 Å². The third kappa shape index (κ3) is 3.23. The van der Waals surface area contributed by atoms with Crippen molar-refractivity contribution in [3.63, 3.8) is 0 Å². The van der Waals surface area contributed by atoms with Crippen LogP contribution < -0.4 is 5.32 Å². The number of fused-ring (bicyclic) bond motifs is 1. The minimum Gasteiger partial charge on any atom is -0.370 e. The summed E-state index contributed by atoms with van der Waals surface area (Å²) in [6.07, 6.45) is 4.58. The Bertz CT molecular complexity index is 1140. The molecule has 2 aromatic heterocycles. The number of pyridine rings is 1. The smallest absolute Gasteiger partial charge is 0.252 e. The van der Waals surface area contributed by atoms with E-state index >= 15 is 0 Å². The van der Waals surface area contributed by atoms with E-state index in [2.05, 4.69) is 23.2 Å². The average Bonchev–Trinajstić information content (AvgIpc) is 2.99. The summed E-state index contributed by atoms with van der Waals surface area (Å²) in [4.78, 5) is 19.7. The Labute approximate surface area is 171 Å². The minimum atomic E-state index is -0.739. The van der Waals surface area contributed by atoms with Crippen molar-refractivity contribution in [2.75, 3.05) is 7.05 Å². The van der Waals surface area contributed by atoms with Gasteiger partial charge in [-0.3, -0.25) is 4.79 Å². The highest BCUT2D eigenvalue weighted by molar-refractivity contribution is 5.92. The van der Waals surface area contributed by atoms with Crippen LogP contribution in [0.2, 0.25) is 0 Å². The van der Waals surface area contributed by atoms with Crippen LogP contribution >= 0.6 is 0 Å². The van der Waals surface area contributed by atoms with Crippen LogP contribution in [-0.4, -0.2) is 32.8 Å². The lowest BCUT2D eigenvalue weighted by atomic mass is 9.88. The maximum absolute atomic E-state index is 13.3. The van der Waals surface area contributed by atoms with E-state index in [-0.39, 0.29) is 5.91 Å². The van der Waals surface area contributed by atoms with E-state index in [1.165, 1.54) is 0 Å². The molecule has 148 valence electrons. The second kappa shape index (κ2) is 6.92. The monoisotopic (exact) mass is 386 g/mol. The largest absolute Gasteiger partial charge is 0.370 e. The van der Waals surface area contributed by atoms with Gasteiger partial charge in [-0.1, -0.05) is 36.9 Å². The average molecular weight is 386 g/mol. The number of carbonyl (C=O) groups excluding carboxylic acids is 1. The number of amides is 1. The molecule has 1 aromatic carbocycles. The lowest BCUT2D eigenvalue weighted by Gasteiger charge is -2.42. The zero-order valence-corrected chi connectivity index (χ0v) is 17.4. The van der Waals surface area contributed by atoms with Crippen molar-refractivity contribution in [1.82, 2.24) is 19.6 Å². The Hall–Kier alpha value is -3.34. The summed E-state index contributed by atoms with van der Waals surface area (Å²) in [5.74, 6) is 0.0163. The molecular weight excluding hydrogens is 360 g/mol. The highest BCUT2D eigenvalue weighted by Gasteiger charge is 2.41. The molecule has 1 amide bonds. The summed E-state index contributed by atoms with van der Waals surface area (Å²) in [6, 6.07) is 14.0. The second-order valence-electron chi connectivity index (χ2n) is 7.93. The van der Waals surface area contributed by atoms with Crippen molar-refractivity contribution < 1.29 is 4.79 Å². The topological polar surface area (TPSA) is 49.6 Å². The molecule has 4 rings (SSSR count). The number of nitrogens with zero attached hydrogens (tertiary/aromatic N) is 3. The second-order valence-corrected chi connectivity index (χ2v) is 7.93. The van der Waals surface area contributed by atoms with Crippen LogP contribution in [0.5, 0.6) is 0 Å². The molecular formula is C24H26N4O. The molecule has 1 fully saturated rings. The van der Waals surface area contributed by atoms with E-state index in [4.69, 9.17) is 4.98 Å². The fraction of sp³-hybridized carbons (Fsp3) is 0.250. The molecule has 0 bridgehead atoms. The fourth-order valence-corrected chi connectivity index (χ4v) is 4.02. The third-order valence-corrected chi connectivity index (χ3v) is 5.72. The number of rotatable bonds is 3. The van der Waals surface area contributed by atoms with E-state index in [0.717, 1.165) is 39.6 Å². The molecule has 5 heteroatoms. The quantitative estimate of drug-likeness (QED) is 0.743. The Morgan fingerprint density at radius 2 is 1.90 bits per heavy atom.